The smallest absolute Gasteiger partial charge is 0.252 e. The van der Waals surface area contributed by atoms with Crippen molar-refractivity contribution in [2.45, 2.75) is 61.6 Å². The van der Waals surface area contributed by atoms with Crippen LogP contribution in [0.3, 0.4) is 0 Å². The average molecular weight is 454 g/mol. The third kappa shape index (κ3) is 4.91. The molecule has 1 saturated carbocycles. The van der Waals surface area contributed by atoms with Gasteiger partial charge in [0.25, 0.3) is 5.91 Å². The SMILES string of the molecule is Cc1nc(C2(NC(=O)c3cccc(CS(=O)(=O)c4ccccc4)c3)CCCCCC2)no1. The van der Waals surface area contributed by atoms with Crippen LogP contribution in [-0.2, 0) is 21.1 Å². The third-order valence-electron chi connectivity index (χ3n) is 5.91. The van der Waals surface area contributed by atoms with Crippen LogP contribution >= 0.6 is 0 Å². The van der Waals surface area contributed by atoms with E-state index in [1.54, 1.807) is 61.5 Å². The standard InChI is InChI=1S/C24H27N3O4S/c1-18-25-23(27-31-18)24(14-7-2-3-8-15-24)26-22(28)20-11-9-10-19(16-20)17-32(29,30)21-12-5-4-6-13-21/h4-6,9-13,16H,2-3,7-8,14-15,17H2,1H3,(H,26,28). The molecule has 4 rings (SSSR count). The number of nitrogens with zero attached hydrogens (tertiary/aromatic N) is 2. The maximum Gasteiger partial charge on any atom is 0.252 e. The van der Waals surface area contributed by atoms with Crippen LogP contribution in [0.15, 0.2) is 64.0 Å². The van der Waals surface area contributed by atoms with Gasteiger partial charge >= 0.3 is 0 Å². The van der Waals surface area contributed by atoms with Gasteiger partial charge in [0.15, 0.2) is 15.7 Å². The monoisotopic (exact) mass is 453 g/mol. The number of amides is 1. The van der Waals surface area contributed by atoms with Crippen molar-refractivity contribution in [1.82, 2.24) is 15.5 Å². The fourth-order valence-corrected chi connectivity index (χ4v) is 5.61. The van der Waals surface area contributed by atoms with Gasteiger partial charge in [0, 0.05) is 12.5 Å². The van der Waals surface area contributed by atoms with Crippen molar-refractivity contribution < 1.29 is 17.7 Å². The second kappa shape index (κ2) is 9.24. The summed E-state index contributed by atoms with van der Waals surface area (Å²) >= 11 is 0. The van der Waals surface area contributed by atoms with Gasteiger partial charge in [-0.2, -0.15) is 4.98 Å². The molecule has 0 unspecified atom stereocenters. The summed E-state index contributed by atoms with van der Waals surface area (Å²) in [6.45, 7) is 1.74. The molecular formula is C24H27N3O4S. The Labute approximate surface area is 188 Å². The summed E-state index contributed by atoms with van der Waals surface area (Å²) < 4.78 is 30.7. The van der Waals surface area contributed by atoms with E-state index < -0.39 is 15.4 Å². The maximum absolute atomic E-state index is 13.3. The van der Waals surface area contributed by atoms with Crippen molar-refractivity contribution >= 4 is 15.7 Å². The highest BCUT2D eigenvalue weighted by atomic mass is 32.2. The normalized spacial score (nSPS) is 16.3. The summed E-state index contributed by atoms with van der Waals surface area (Å²) in [6, 6.07) is 15.1. The molecule has 3 aromatic rings. The number of carbonyl (C=O) groups is 1. The summed E-state index contributed by atoms with van der Waals surface area (Å²) in [4.78, 5) is 17.9. The summed E-state index contributed by atoms with van der Waals surface area (Å²) in [5, 5.41) is 7.29. The number of sulfone groups is 1. The van der Waals surface area contributed by atoms with Gasteiger partial charge < -0.3 is 9.84 Å². The number of aromatic nitrogens is 2. The van der Waals surface area contributed by atoms with Crippen LogP contribution in [-0.4, -0.2) is 24.5 Å². The van der Waals surface area contributed by atoms with Crippen LogP contribution in [0.1, 0.15) is 66.2 Å². The van der Waals surface area contributed by atoms with E-state index in [0.29, 0.717) is 22.8 Å². The van der Waals surface area contributed by atoms with E-state index in [-0.39, 0.29) is 16.6 Å². The van der Waals surface area contributed by atoms with Gasteiger partial charge in [0.1, 0.15) is 5.54 Å². The zero-order chi connectivity index (χ0) is 22.6. The fourth-order valence-electron chi connectivity index (χ4n) is 4.25. The van der Waals surface area contributed by atoms with E-state index >= 15 is 0 Å². The van der Waals surface area contributed by atoms with Crippen LogP contribution in [0.4, 0.5) is 0 Å². The summed E-state index contributed by atoms with van der Waals surface area (Å²) in [6.07, 6.45) is 5.59. The number of benzene rings is 2. The molecule has 32 heavy (non-hydrogen) atoms. The van der Waals surface area contributed by atoms with Crippen LogP contribution in [0.5, 0.6) is 0 Å². The Morgan fingerprint density at radius 2 is 1.75 bits per heavy atom. The largest absolute Gasteiger partial charge is 0.340 e. The lowest BCUT2D eigenvalue weighted by Gasteiger charge is -2.30. The number of hydrogen-bond donors (Lipinski definition) is 1. The first kappa shape index (κ1) is 22.2. The van der Waals surface area contributed by atoms with E-state index in [1.807, 2.05) is 0 Å². The lowest BCUT2D eigenvalue weighted by atomic mass is 9.88. The molecule has 1 fully saturated rings. The molecule has 0 atom stereocenters. The number of rotatable bonds is 6. The first-order chi connectivity index (χ1) is 15.4. The lowest BCUT2D eigenvalue weighted by molar-refractivity contribution is 0.0876. The van der Waals surface area contributed by atoms with Crippen molar-refractivity contribution in [2.24, 2.45) is 0 Å². The molecule has 1 amide bonds. The Bertz CT molecular complexity index is 1180. The molecular weight excluding hydrogens is 426 g/mol. The molecule has 1 aliphatic carbocycles. The fraction of sp³-hybridized carbons (Fsp3) is 0.375. The lowest BCUT2D eigenvalue weighted by Crippen LogP contribution is -2.46. The number of aryl methyl sites for hydroxylation is 1. The zero-order valence-corrected chi connectivity index (χ0v) is 18.9. The minimum Gasteiger partial charge on any atom is -0.340 e. The molecule has 0 spiro atoms. The highest BCUT2D eigenvalue weighted by Crippen LogP contribution is 2.35. The Morgan fingerprint density at radius 3 is 2.41 bits per heavy atom. The number of carbonyl (C=O) groups excluding carboxylic acids is 1. The van der Waals surface area contributed by atoms with Gasteiger partial charge in [0.2, 0.25) is 5.89 Å². The predicted octanol–water partition coefficient (Wildman–Crippen LogP) is 4.33. The van der Waals surface area contributed by atoms with E-state index in [4.69, 9.17) is 4.52 Å². The minimum atomic E-state index is -3.50. The molecule has 7 nitrogen and oxygen atoms in total. The summed E-state index contributed by atoms with van der Waals surface area (Å²) in [5.74, 6) is 0.528. The van der Waals surface area contributed by atoms with Gasteiger partial charge in [0.05, 0.1) is 10.6 Å². The molecule has 0 radical (unpaired) electrons. The summed E-state index contributed by atoms with van der Waals surface area (Å²) in [7, 11) is -3.50. The van der Waals surface area contributed by atoms with Crippen LogP contribution < -0.4 is 5.32 Å². The van der Waals surface area contributed by atoms with E-state index in [2.05, 4.69) is 15.5 Å². The van der Waals surface area contributed by atoms with E-state index in [0.717, 1.165) is 38.5 Å². The van der Waals surface area contributed by atoms with Crippen molar-refractivity contribution in [1.29, 1.82) is 0 Å². The van der Waals surface area contributed by atoms with E-state index in [1.165, 1.54) is 0 Å². The van der Waals surface area contributed by atoms with Crippen molar-refractivity contribution in [3.63, 3.8) is 0 Å². The molecule has 0 aliphatic heterocycles. The highest BCUT2D eigenvalue weighted by molar-refractivity contribution is 7.90. The van der Waals surface area contributed by atoms with Crippen molar-refractivity contribution in [2.75, 3.05) is 0 Å². The Balaban J connectivity index is 1.57. The molecule has 8 heteroatoms. The quantitative estimate of drug-likeness (QED) is 0.557. The molecule has 1 aromatic heterocycles. The Hall–Kier alpha value is -3.00. The second-order valence-corrected chi connectivity index (χ2v) is 10.3. The number of hydrogen-bond acceptors (Lipinski definition) is 6. The summed E-state index contributed by atoms with van der Waals surface area (Å²) in [5.41, 5.74) is 0.290. The molecule has 168 valence electrons. The van der Waals surface area contributed by atoms with Gasteiger partial charge in [-0.05, 0) is 42.7 Å². The second-order valence-electron chi connectivity index (χ2n) is 8.36. The molecule has 1 N–H and O–H groups in total. The first-order valence-corrected chi connectivity index (χ1v) is 12.5. The average Bonchev–Trinajstić information content (AvgIpc) is 3.09. The van der Waals surface area contributed by atoms with Crippen LogP contribution in [0.25, 0.3) is 0 Å². The first-order valence-electron chi connectivity index (χ1n) is 10.9. The minimum absolute atomic E-state index is 0.173. The molecule has 0 saturated heterocycles. The highest BCUT2D eigenvalue weighted by Gasteiger charge is 2.39. The molecule has 0 bridgehead atoms. The van der Waals surface area contributed by atoms with Gasteiger partial charge in [-0.3, -0.25) is 4.79 Å². The van der Waals surface area contributed by atoms with Crippen LogP contribution in [0.2, 0.25) is 0 Å². The molecule has 2 aromatic carbocycles. The van der Waals surface area contributed by atoms with Gasteiger partial charge in [-0.1, -0.05) is 61.2 Å². The third-order valence-corrected chi connectivity index (χ3v) is 7.62. The van der Waals surface area contributed by atoms with Crippen LogP contribution in [0, 0.1) is 6.92 Å². The van der Waals surface area contributed by atoms with Crippen molar-refractivity contribution in [3.05, 3.63) is 77.4 Å². The zero-order valence-electron chi connectivity index (χ0n) is 18.1. The Kier molecular flexibility index (Phi) is 6.41. The predicted molar refractivity (Wildman–Crippen MR) is 120 cm³/mol. The maximum atomic E-state index is 13.3. The Morgan fingerprint density at radius 1 is 1.03 bits per heavy atom. The topological polar surface area (TPSA) is 102 Å². The number of nitrogens with one attached hydrogen (secondary N) is 1. The van der Waals surface area contributed by atoms with Gasteiger partial charge in [-0.15, -0.1) is 0 Å². The molecule has 1 heterocycles. The van der Waals surface area contributed by atoms with Crippen molar-refractivity contribution in [3.8, 4) is 0 Å². The van der Waals surface area contributed by atoms with E-state index in [9.17, 15) is 13.2 Å². The molecule has 1 aliphatic rings. The van der Waals surface area contributed by atoms with Gasteiger partial charge in [-0.25, -0.2) is 8.42 Å².